The van der Waals surface area contributed by atoms with Gasteiger partial charge in [-0.3, -0.25) is 9.59 Å². The van der Waals surface area contributed by atoms with Gasteiger partial charge >= 0.3 is 0 Å². The van der Waals surface area contributed by atoms with Crippen LogP contribution in [0.25, 0.3) is 11.3 Å². The predicted octanol–water partition coefficient (Wildman–Crippen LogP) is 4.63. The Morgan fingerprint density at radius 2 is 1.83 bits per heavy atom. The number of benzene rings is 2. The molecule has 0 bridgehead atoms. The Hall–Kier alpha value is -3.41. The first-order valence-corrected chi connectivity index (χ1v) is 10.1. The van der Waals surface area contributed by atoms with Crippen LogP contribution in [-0.2, 0) is 17.8 Å². The van der Waals surface area contributed by atoms with Crippen LogP contribution in [0.5, 0.6) is 0 Å². The molecular weight excluding hydrogens is 383 g/mol. The van der Waals surface area contributed by atoms with Gasteiger partial charge in [-0.1, -0.05) is 12.1 Å². The van der Waals surface area contributed by atoms with Gasteiger partial charge in [0.1, 0.15) is 17.3 Å². The molecular formula is C24H21FN2O3. The zero-order chi connectivity index (χ0) is 20.7. The molecule has 2 amide bonds. The minimum atomic E-state index is -0.554. The van der Waals surface area contributed by atoms with Crippen molar-refractivity contribution in [1.82, 2.24) is 4.90 Å². The summed E-state index contributed by atoms with van der Waals surface area (Å²) in [6.07, 6.45) is 2.75. The Morgan fingerprint density at radius 3 is 2.57 bits per heavy atom. The molecule has 1 aliphatic carbocycles. The van der Waals surface area contributed by atoms with Crippen molar-refractivity contribution < 1.29 is 18.4 Å². The molecule has 2 aromatic carbocycles. The predicted molar refractivity (Wildman–Crippen MR) is 110 cm³/mol. The number of nitrogens with zero attached hydrogens (tertiary/aromatic N) is 1. The fraction of sp³-hybridized carbons (Fsp3) is 0.250. The van der Waals surface area contributed by atoms with E-state index in [4.69, 9.17) is 4.42 Å². The van der Waals surface area contributed by atoms with E-state index in [0.717, 1.165) is 41.9 Å². The lowest BCUT2D eigenvalue weighted by Crippen LogP contribution is -2.36. The van der Waals surface area contributed by atoms with E-state index in [0.29, 0.717) is 18.8 Å². The number of rotatable bonds is 4. The maximum absolute atomic E-state index is 13.8. The van der Waals surface area contributed by atoms with Crippen LogP contribution >= 0.6 is 0 Å². The number of fused-ring (bicyclic) bond motifs is 1. The van der Waals surface area contributed by atoms with Crippen molar-refractivity contribution in [2.24, 2.45) is 5.92 Å². The SMILES string of the molecule is O=C(Nc1ccc(-c2cc3c(o2)CCN(C(=O)C2CC2)C3)cc1)c1ccccc1F. The Kier molecular flexibility index (Phi) is 4.62. The fourth-order valence-corrected chi connectivity index (χ4v) is 3.81. The normalized spacial score (nSPS) is 15.6. The molecule has 152 valence electrons. The summed E-state index contributed by atoms with van der Waals surface area (Å²) in [6.45, 7) is 1.31. The lowest BCUT2D eigenvalue weighted by Gasteiger charge is -2.26. The monoisotopic (exact) mass is 404 g/mol. The molecule has 0 unspecified atom stereocenters. The van der Waals surface area contributed by atoms with Gasteiger partial charge in [0, 0.05) is 42.2 Å². The Balaban J connectivity index is 1.29. The highest BCUT2D eigenvalue weighted by Gasteiger charge is 2.35. The number of nitrogens with one attached hydrogen (secondary N) is 1. The van der Waals surface area contributed by atoms with E-state index in [1.54, 1.807) is 24.3 Å². The average Bonchev–Trinajstić information content (AvgIpc) is 3.52. The van der Waals surface area contributed by atoms with E-state index in [2.05, 4.69) is 5.32 Å². The smallest absolute Gasteiger partial charge is 0.258 e. The highest BCUT2D eigenvalue weighted by atomic mass is 19.1. The van der Waals surface area contributed by atoms with Crippen LogP contribution in [0.3, 0.4) is 0 Å². The zero-order valence-corrected chi connectivity index (χ0v) is 16.4. The third kappa shape index (κ3) is 3.61. The summed E-state index contributed by atoms with van der Waals surface area (Å²) in [4.78, 5) is 26.5. The summed E-state index contributed by atoms with van der Waals surface area (Å²) in [7, 11) is 0. The lowest BCUT2D eigenvalue weighted by atomic mass is 10.1. The quantitative estimate of drug-likeness (QED) is 0.690. The average molecular weight is 404 g/mol. The molecule has 0 atom stereocenters. The number of furan rings is 1. The number of carbonyl (C=O) groups is 2. The summed E-state index contributed by atoms with van der Waals surface area (Å²) >= 11 is 0. The molecule has 0 radical (unpaired) electrons. The van der Waals surface area contributed by atoms with Crippen LogP contribution in [-0.4, -0.2) is 23.3 Å². The maximum Gasteiger partial charge on any atom is 0.258 e. The number of amides is 2. The first-order valence-electron chi connectivity index (χ1n) is 10.1. The number of hydrogen-bond acceptors (Lipinski definition) is 3. The number of hydrogen-bond donors (Lipinski definition) is 1. The van der Waals surface area contributed by atoms with Crippen molar-refractivity contribution >= 4 is 17.5 Å². The molecule has 5 nitrogen and oxygen atoms in total. The number of halogens is 1. The van der Waals surface area contributed by atoms with Crippen LogP contribution in [0.1, 0.15) is 34.5 Å². The standard InChI is InChI=1S/C24H21FN2O3/c25-20-4-2-1-3-19(20)23(28)26-18-9-7-15(8-10-18)22-13-17-14-27(12-11-21(17)30-22)24(29)16-5-6-16/h1-4,7-10,13,16H,5-6,11-12,14H2,(H,26,28). The topological polar surface area (TPSA) is 62.6 Å². The second-order valence-corrected chi connectivity index (χ2v) is 7.85. The van der Waals surface area contributed by atoms with Gasteiger partial charge in [-0.05, 0) is 55.3 Å². The minimum absolute atomic E-state index is 0.00517. The van der Waals surface area contributed by atoms with Gasteiger partial charge in [0.15, 0.2) is 0 Å². The molecule has 1 N–H and O–H groups in total. The van der Waals surface area contributed by atoms with Gasteiger partial charge in [-0.15, -0.1) is 0 Å². The van der Waals surface area contributed by atoms with Crippen LogP contribution in [0, 0.1) is 11.7 Å². The highest BCUT2D eigenvalue weighted by molar-refractivity contribution is 6.04. The molecule has 1 aliphatic heterocycles. The number of anilines is 1. The lowest BCUT2D eigenvalue weighted by molar-refractivity contribution is -0.133. The van der Waals surface area contributed by atoms with Crippen molar-refractivity contribution in [2.75, 3.05) is 11.9 Å². The largest absolute Gasteiger partial charge is 0.461 e. The van der Waals surface area contributed by atoms with Gasteiger partial charge in [0.25, 0.3) is 5.91 Å². The Labute approximate surface area is 173 Å². The van der Waals surface area contributed by atoms with Crippen molar-refractivity contribution in [3.05, 3.63) is 77.3 Å². The summed E-state index contributed by atoms with van der Waals surface area (Å²) in [6, 6.07) is 15.1. The van der Waals surface area contributed by atoms with Gasteiger partial charge in [0.2, 0.25) is 5.91 Å². The van der Waals surface area contributed by atoms with Gasteiger partial charge in [-0.2, -0.15) is 0 Å². The van der Waals surface area contributed by atoms with Crippen molar-refractivity contribution in [3.63, 3.8) is 0 Å². The van der Waals surface area contributed by atoms with Crippen molar-refractivity contribution in [2.45, 2.75) is 25.8 Å². The molecule has 1 aromatic heterocycles. The molecule has 1 fully saturated rings. The van der Waals surface area contributed by atoms with Crippen LogP contribution < -0.4 is 5.32 Å². The summed E-state index contributed by atoms with van der Waals surface area (Å²) < 4.78 is 19.8. The zero-order valence-electron chi connectivity index (χ0n) is 16.4. The molecule has 1 saturated carbocycles. The van der Waals surface area contributed by atoms with Gasteiger partial charge in [-0.25, -0.2) is 4.39 Å². The van der Waals surface area contributed by atoms with Gasteiger partial charge < -0.3 is 14.6 Å². The maximum atomic E-state index is 13.8. The van der Waals surface area contributed by atoms with Crippen LogP contribution in [0.2, 0.25) is 0 Å². The Morgan fingerprint density at radius 1 is 1.07 bits per heavy atom. The van der Waals surface area contributed by atoms with E-state index >= 15 is 0 Å². The first-order chi connectivity index (χ1) is 14.6. The fourth-order valence-electron chi connectivity index (χ4n) is 3.81. The summed E-state index contributed by atoms with van der Waals surface area (Å²) in [5.74, 6) is 1.12. The summed E-state index contributed by atoms with van der Waals surface area (Å²) in [5, 5.41) is 2.71. The summed E-state index contributed by atoms with van der Waals surface area (Å²) in [5.41, 5.74) is 2.52. The molecule has 3 aromatic rings. The second-order valence-electron chi connectivity index (χ2n) is 7.85. The molecule has 0 spiro atoms. The first kappa shape index (κ1) is 18.6. The van der Waals surface area contributed by atoms with E-state index in [1.165, 1.54) is 12.1 Å². The van der Waals surface area contributed by atoms with E-state index in [-0.39, 0.29) is 17.4 Å². The van der Waals surface area contributed by atoms with Crippen LogP contribution in [0.4, 0.5) is 10.1 Å². The molecule has 5 rings (SSSR count). The highest BCUT2D eigenvalue weighted by Crippen LogP contribution is 2.35. The van der Waals surface area contributed by atoms with Gasteiger partial charge in [0.05, 0.1) is 5.56 Å². The molecule has 2 heterocycles. The molecule has 6 heteroatoms. The molecule has 0 saturated heterocycles. The number of carbonyl (C=O) groups excluding carboxylic acids is 2. The van der Waals surface area contributed by atoms with E-state index in [1.807, 2.05) is 23.1 Å². The van der Waals surface area contributed by atoms with Crippen molar-refractivity contribution in [1.29, 1.82) is 0 Å². The van der Waals surface area contributed by atoms with E-state index in [9.17, 15) is 14.0 Å². The minimum Gasteiger partial charge on any atom is -0.461 e. The third-order valence-electron chi connectivity index (χ3n) is 5.65. The molecule has 2 aliphatic rings. The van der Waals surface area contributed by atoms with Crippen molar-refractivity contribution in [3.8, 4) is 11.3 Å². The second kappa shape index (κ2) is 7.44. The van der Waals surface area contributed by atoms with E-state index < -0.39 is 11.7 Å². The molecule has 30 heavy (non-hydrogen) atoms. The third-order valence-corrected chi connectivity index (χ3v) is 5.65. The Bertz CT molecular complexity index is 1120. The van der Waals surface area contributed by atoms with Crippen LogP contribution in [0.15, 0.2) is 59.0 Å².